The topological polar surface area (TPSA) is 55.6 Å². The molecule has 4 nitrogen and oxygen atoms in total. The Morgan fingerprint density at radius 1 is 1.47 bits per heavy atom. The summed E-state index contributed by atoms with van der Waals surface area (Å²) in [6.45, 7) is 3.11. The van der Waals surface area contributed by atoms with Gasteiger partial charge >= 0.3 is 5.97 Å². The maximum atomic E-state index is 11.5. The first-order valence-corrected chi connectivity index (χ1v) is 5.79. The predicted molar refractivity (Wildman–Crippen MR) is 70.4 cm³/mol. The van der Waals surface area contributed by atoms with Gasteiger partial charge in [0.1, 0.15) is 0 Å². The first kappa shape index (κ1) is 13.4. The number of carbonyl (C=O) groups is 1. The Hall–Kier alpha value is -1.71. The Morgan fingerprint density at radius 2 is 2.18 bits per heavy atom. The van der Waals surface area contributed by atoms with Gasteiger partial charge < -0.3 is 15.4 Å². The lowest BCUT2D eigenvalue weighted by atomic mass is 10.1. The third-order valence-corrected chi connectivity index (χ3v) is 2.73. The van der Waals surface area contributed by atoms with Crippen LogP contribution in [0.15, 0.2) is 18.2 Å². The normalized spacial score (nSPS) is 10.1. The van der Waals surface area contributed by atoms with Gasteiger partial charge in [-0.3, -0.25) is 0 Å². The van der Waals surface area contributed by atoms with Crippen LogP contribution in [0.4, 0.5) is 11.4 Å². The zero-order valence-corrected chi connectivity index (χ0v) is 10.7. The number of nitrogens with zero attached hydrogens (tertiary/aromatic N) is 1. The van der Waals surface area contributed by atoms with Crippen molar-refractivity contribution >= 4 is 17.3 Å². The number of carbonyl (C=O) groups excluding carboxylic acids is 1. The molecule has 0 atom stereocenters. The average Bonchev–Trinajstić information content (AvgIpc) is 2.35. The van der Waals surface area contributed by atoms with E-state index >= 15 is 0 Å². The van der Waals surface area contributed by atoms with Gasteiger partial charge in [0.15, 0.2) is 0 Å². The number of benzene rings is 1. The average molecular weight is 236 g/mol. The third-order valence-electron chi connectivity index (χ3n) is 2.73. The highest BCUT2D eigenvalue weighted by Gasteiger charge is 2.12. The standard InChI is InChI=1S/C13H20N2O2/c1-4-5-8-15(2)10-6-7-12(14)11(9-10)13(16)17-3/h6-7,9H,4-5,8,14H2,1-3H3. The molecule has 0 aliphatic rings. The number of rotatable bonds is 5. The highest BCUT2D eigenvalue weighted by Crippen LogP contribution is 2.21. The number of methoxy groups -OCH3 is 1. The van der Waals surface area contributed by atoms with Gasteiger partial charge in [-0.05, 0) is 24.6 Å². The fraction of sp³-hybridized carbons (Fsp3) is 0.462. The van der Waals surface area contributed by atoms with Gasteiger partial charge in [-0.15, -0.1) is 0 Å². The lowest BCUT2D eigenvalue weighted by molar-refractivity contribution is 0.0602. The highest BCUT2D eigenvalue weighted by atomic mass is 16.5. The van der Waals surface area contributed by atoms with E-state index in [0.29, 0.717) is 11.3 Å². The van der Waals surface area contributed by atoms with E-state index in [1.54, 1.807) is 12.1 Å². The molecule has 0 unspecified atom stereocenters. The molecule has 94 valence electrons. The van der Waals surface area contributed by atoms with Gasteiger partial charge in [-0.2, -0.15) is 0 Å². The lowest BCUT2D eigenvalue weighted by Crippen LogP contribution is -2.19. The van der Waals surface area contributed by atoms with E-state index in [1.165, 1.54) is 7.11 Å². The van der Waals surface area contributed by atoms with Gasteiger partial charge in [0.25, 0.3) is 0 Å². The quantitative estimate of drug-likeness (QED) is 0.629. The molecule has 4 heteroatoms. The summed E-state index contributed by atoms with van der Waals surface area (Å²) in [5.74, 6) is -0.395. The molecule has 0 aliphatic carbocycles. The first-order valence-electron chi connectivity index (χ1n) is 5.79. The molecule has 1 aromatic carbocycles. The molecule has 2 N–H and O–H groups in total. The van der Waals surface area contributed by atoms with Crippen LogP contribution in [0, 0.1) is 0 Å². The van der Waals surface area contributed by atoms with Crippen LogP contribution in [-0.2, 0) is 4.74 Å². The second kappa shape index (κ2) is 6.13. The van der Waals surface area contributed by atoms with E-state index in [1.807, 2.05) is 13.1 Å². The van der Waals surface area contributed by atoms with Crippen LogP contribution in [0.1, 0.15) is 30.1 Å². The maximum absolute atomic E-state index is 11.5. The summed E-state index contributed by atoms with van der Waals surface area (Å²) in [5, 5.41) is 0. The van der Waals surface area contributed by atoms with Crippen molar-refractivity contribution in [2.75, 3.05) is 31.3 Å². The summed E-state index contributed by atoms with van der Waals surface area (Å²) in [6, 6.07) is 5.43. The third kappa shape index (κ3) is 3.37. The molecule has 1 aromatic rings. The molecule has 0 aliphatic heterocycles. The molecular formula is C13H20N2O2. The van der Waals surface area contributed by atoms with Crippen molar-refractivity contribution in [1.82, 2.24) is 0 Å². The van der Waals surface area contributed by atoms with E-state index in [4.69, 9.17) is 10.5 Å². The molecule has 0 radical (unpaired) electrons. The fourth-order valence-corrected chi connectivity index (χ4v) is 1.59. The van der Waals surface area contributed by atoms with Crippen molar-refractivity contribution in [1.29, 1.82) is 0 Å². The van der Waals surface area contributed by atoms with E-state index in [2.05, 4.69) is 11.8 Å². The van der Waals surface area contributed by atoms with Crippen LogP contribution in [0.25, 0.3) is 0 Å². The summed E-state index contributed by atoms with van der Waals surface area (Å²) in [6.07, 6.45) is 2.26. The number of nitrogen functional groups attached to an aromatic ring is 1. The molecule has 0 aromatic heterocycles. The van der Waals surface area contributed by atoms with Gasteiger partial charge in [0, 0.05) is 25.0 Å². The molecule has 1 rings (SSSR count). The van der Waals surface area contributed by atoms with Crippen LogP contribution in [0.5, 0.6) is 0 Å². The largest absolute Gasteiger partial charge is 0.465 e. The van der Waals surface area contributed by atoms with E-state index in [0.717, 1.165) is 25.1 Å². The van der Waals surface area contributed by atoms with Crippen LogP contribution >= 0.6 is 0 Å². The monoisotopic (exact) mass is 236 g/mol. The van der Waals surface area contributed by atoms with Gasteiger partial charge in [0.05, 0.1) is 12.7 Å². The number of ether oxygens (including phenoxy) is 1. The Bertz CT molecular complexity index is 391. The number of esters is 1. The molecular weight excluding hydrogens is 216 g/mol. The predicted octanol–water partition coefficient (Wildman–Crippen LogP) is 2.29. The molecule has 0 fully saturated rings. The maximum Gasteiger partial charge on any atom is 0.340 e. The van der Waals surface area contributed by atoms with Crippen LogP contribution in [-0.4, -0.2) is 26.7 Å². The summed E-state index contributed by atoms with van der Waals surface area (Å²) in [5.41, 5.74) is 7.60. The number of hydrogen-bond donors (Lipinski definition) is 1. The number of hydrogen-bond acceptors (Lipinski definition) is 4. The number of unbranched alkanes of at least 4 members (excludes halogenated alkanes) is 1. The Kier molecular flexibility index (Phi) is 4.82. The Balaban J connectivity index is 2.91. The molecule has 0 bridgehead atoms. The number of anilines is 2. The van der Waals surface area contributed by atoms with Crippen LogP contribution in [0.2, 0.25) is 0 Å². The minimum atomic E-state index is -0.395. The minimum Gasteiger partial charge on any atom is -0.465 e. The lowest BCUT2D eigenvalue weighted by Gasteiger charge is -2.20. The first-order chi connectivity index (χ1) is 8.10. The van der Waals surface area contributed by atoms with Crippen molar-refractivity contribution in [2.45, 2.75) is 19.8 Å². The summed E-state index contributed by atoms with van der Waals surface area (Å²) < 4.78 is 4.70. The summed E-state index contributed by atoms with van der Waals surface area (Å²) >= 11 is 0. The smallest absolute Gasteiger partial charge is 0.340 e. The second-order valence-electron chi connectivity index (χ2n) is 4.04. The number of nitrogens with two attached hydrogens (primary N) is 1. The molecule has 0 amide bonds. The molecule has 17 heavy (non-hydrogen) atoms. The van der Waals surface area contributed by atoms with E-state index < -0.39 is 5.97 Å². The van der Waals surface area contributed by atoms with Crippen LogP contribution < -0.4 is 10.6 Å². The van der Waals surface area contributed by atoms with Crippen molar-refractivity contribution in [3.05, 3.63) is 23.8 Å². The van der Waals surface area contributed by atoms with E-state index in [9.17, 15) is 4.79 Å². The van der Waals surface area contributed by atoms with Gasteiger partial charge in [-0.1, -0.05) is 13.3 Å². The fourth-order valence-electron chi connectivity index (χ4n) is 1.59. The molecule has 0 saturated heterocycles. The van der Waals surface area contributed by atoms with Crippen molar-refractivity contribution < 1.29 is 9.53 Å². The Labute approximate surface area is 102 Å². The zero-order valence-electron chi connectivity index (χ0n) is 10.7. The van der Waals surface area contributed by atoms with Crippen molar-refractivity contribution in [2.24, 2.45) is 0 Å². The van der Waals surface area contributed by atoms with E-state index in [-0.39, 0.29) is 0 Å². The second-order valence-corrected chi connectivity index (χ2v) is 4.04. The minimum absolute atomic E-state index is 0.395. The molecule has 0 spiro atoms. The van der Waals surface area contributed by atoms with Crippen molar-refractivity contribution in [3.63, 3.8) is 0 Å². The van der Waals surface area contributed by atoms with Gasteiger partial charge in [-0.25, -0.2) is 4.79 Å². The van der Waals surface area contributed by atoms with Crippen LogP contribution in [0.3, 0.4) is 0 Å². The summed E-state index contributed by atoms with van der Waals surface area (Å²) in [4.78, 5) is 13.6. The van der Waals surface area contributed by atoms with Gasteiger partial charge in [0.2, 0.25) is 0 Å². The Morgan fingerprint density at radius 3 is 2.76 bits per heavy atom. The summed E-state index contributed by atoms with van der Waals surface area (Å²) in [7, 11) is 3.36. The molecule has 0 saturated carbocycles. The van der Waals surface area contributed by atoms with Crippen molar-refractivity contribution in [3.8, 4) is 0 Å². The zero-order chi connectivity index (χ0) is 12.8. The highest BCUT2D eigenvalue weighted by molar-refractivity contribution is 5.96. The molecule has 0 heterocycles. The SMILES string of the molecule is CCCCN(C)c1ccc(N)c(C(=O)OC)c1.